The first-order valence-corrected chi connectivity index (χ1v) is 11.7. The third-order valence-electron chi connectivity index (χ3n) is 4.86. The molecular formula is C25H22Cl2N4O3S. The van der Waals surface area contributed by atoms with Crippen LogP contribution in [0.1, 0.15) is 29.9 Å². The standard InChI is InChI=1S/C25H22Cl2N4O3S/c26-18-11-12-20(19(27)15-18)28-21(32)13-14-22(33)30-31-25(35)29-24(34)23(16-7-3-1-4-8-16)17-9-5-2-6-10-17/h1-12,15,23H,13-14H2,(H,28,32)(H,30,33)(H2,29,31,34,35). The van der Waals surface area contributed by atoms with E-state index in [0.29, 0.717) is 15.7 Å². The highest BCUT2D eigenvalue weighted by atomic mass is 35.5. The second-order valence-electron chi connectivity index (χ2n) is 7.42. The van der Waals surface area contributed by atoms with E-state index in [1.807, 2.05) is 60.7 Å². The molecule has 0 unspecified atom stereocenters. The molecule has 3 rings (SSSR count). The van der Waals surface area contributed by atoms with Crippen LogP contribution in [0.5, 0.6) is 0 Å². The number of nitrogens with one attached hydrogen (secondary N) is 4. The summed E-state index contributed by atoms with van der Waals surface area (Å²) in [6.07, 6.45) is -0.201. The molecular weight excluding hydrogens is 507 g/mol. The number of hydrazine groups is 1. The topological polar surface area (TPSA) is 99.3 Å². The Balaban J connectivity index is 1.48. The zero-order valence-electron chi connectivity index (χ0n) is 18.4. The van der Waals surface area contributed by atoms with Crippen LogP contribution in [0.3, 0.4) is 0 Å². The monoisotopic (exact) mass is 528 g/mol. The van der Waals surface area contributed by atoms with Crippen LogP contribution in [0, 0.1) is 0 Å². The predicted octanol–water partition coefficient (Wildman–Crippen LogP) is 4.57. The fourth-order valence-corrected chi connectivity index (χ4v) is 3.83. The van der Waals surface area contributed by atoms with Crippen molar-refractivity contribution in [2.24, 2.45) is 0 Å². The molecule has 10 heteroatoms. The summed E-state index contributed by atoms with van der Waals surface area (Å²) < 4.78 is 0. The maximum absolute atomic E-state index is 13.0. The number of thiocarbonyl (C=S) groups is 1. The van der Waals surface area contributed by atoms with Gasteiger partial charge in [-0.2, -0.15) is 0 Å². The minimum absolute atomic E-state index is 0.0717. The second-order valence-corrected chi connectivity index (χ2v) is 8.67. The molecule has 3 aromatic carbocycles. The molecule has 0 saturated heterocycles. The Morgan fingerprint density at radius 3 is 1.91 bits per heavy atom. The average molecular weight is 529 g/mol. The highest BCUT2D eigenvalue weighted by Crippen LogP contribution is 2.26. The summed E-state index contributed by atoms with van der Waals surface area (Å²) in [5.41, 5.74) is 6.87. The summed E-state index contributed by atoms with van der Waals surface area (Å²) >= 11 is 17.0. The van der Waals surface area contributed by atoms with E-state index in [1.54, 1.807) is 12.1 Å². The Labute approximate surface area is 218 Å². The fourth-order valence-electron chi connectivity index (χ4n) is 3.22. The number of carbonyl (C=O) groups is 3. The minimum Gasteiger partial charge on any atom is -0.325 e. The van der Waals surface area contributed by atoms with Crippen molar-refractivity contribution >= 4 is 63.9 Å². The summed E-state index contributed by atoms with van der Waals surface area (Å²) in [5, 5.41) is 5.88. The number of hydrogen-bond acceptors (Lipinski definition) is 4. The number of hydrogen-bond donors (Lipinski definition) is 4. The largest absolute Gasteiger partial charge is 0.325 e. The highest BCUT2D eigenvalue weighted by Gasteiger charge is 2.23. The Kier molecular flexibility index (Phi) is 9.60. The lowest BCUT2D eigenvalue weighted by Gasteiger charge is -2.18. The van der Waals surface area contributed by atoms with Gasteiger partial charge in [-0.3, -0.25) is 25.2 Å². The quantitative estimate of drug-likeness (QED) is 0.266. The van der Waals surface area contributed by atoms with Crippen LogP contribution < -0.4 is 21.5 Å². The Morgan fingerprint density at radius 2 is 1.34 bits per heavy atom. The van der Waals surface area contributed by atoms with E-state index >= 15 is 0 Å². The van der Waals surface area contributed by atoms with Crippen molar-refractivity contribution in [3.05, 3.63) is 100 Å². The van der Waals surface area contributed by atoms with Crippen molar-refractivity contribution in [2.45, 2.75) is 18.8 Å². The van der Waals surface area contributed by atoms with Gasteiger partial charge in [0.1, 0.15) is 0 Å². The molecule has 0 radical (unpaired) electrons. The summed E-state index contributed by atoms with van der Waals surface area (Å²) in [4.78, 5) is 37.2. The van der Waals surface area contributed by atoms with E-state index < -0.39 is 17.7 Å². The Bertz CT molecular complexity index is 1170. The van der Waals surface area contributed by atoms with E-state index in [4.69, 9.17) is 35.4 Å². The van der Waals surface area contributed by atoms with Gasteiger partial charge in [0.2, 0.25) is 17.7 Å². The van der Waals surface area contributed by atoms with E-state index in [9.17, 15) is 14.4 Å². The zero-order chi connectivity index (χ0) is 25.2. The van der Waals surface area contributed by atoms with Crippen molar-refractivity contribution < 1.29 is 14.4 Å². The first kappa shape index (κ1) is 26.2. The SMILES string of the molecule is O=C(CCC(=O)Nc1ccc(Cl)cc1Cl)NNC(=S)NC(=O)C(c1ccccc1)c1ccccc1. The molecule has 0 aliphatic rings. The van der Waals surface area contributed by atoms with Crippen LogP contribution in [0.4, 0.5) is 5.69 Å². The lowest BCUT2D eigenvalue weighted by atomic mass is 9.90. The van der Waals surface area contributed by atoms with Gasteiger partial charge in [-0.1, -0.05) is 83.9 Å². The molecule has 0 bridgehead atoms. The molecule has 0 aliphatic carbocycles. The van der Waals surface area contributed by atoms with Crippen molar-refractivity contribution in [2.75, 3.05) is 5.32 Å². The fraction of sp³-hybridized carbons (Fsp3) is 0.120. The van der Waals surface area contributed by atoms with E-state index in [0.717, 1.165) is 11.1 Å². The van der Waals surface area contributed by atoms with Gasteiger partial charge in [-0.05, 0) is 41.5 Å². The first-order chi connectivity index (χ1) is 16.8. The van der Waals surface area contributed by atoms with Gasteiger partial charge in [0, 0.05) is 17.9 Å². The predicted molar refractivity (Wildman–Crippen MR) is 141 cm³/mol. The van der Waals surface area contributed by atoms with Gasteiger partial charge >= 0.3 is 0 Å². The van der Waals surface area contributed by atoms with E-state index in [1.165, 1.54) is 6.07 Å². The number of anilines is 1. The molecule has 0 spiro atoms. The molecule has 4 N–H and O–H groups in total. The molecule has 3 amide bonds. The van der Waals surface area contributed by atoms with E-state index in [-0.39, 0.29) is 23.9 Å². The summed E-state index contributed by atoms with van der Waals surface area (Å²) in [6, 6.07) is 23.3. The Morgan fingerprint density at radius 1 is 0.771 bits per heavy atom. The lowest BCUT2D eigenvalue weighted by molar-refractivity contribution is -0.124. The van der Waals surface area contributed by atoms with Gasteiger partial charge in [-0.15, -0.1) is 0 Å². The number of rotatable bonds is 7. The molecule has 0 fully saturated rings. The maximum Gasteiger partial charge on any atom is 0.238 e. The smallest absolute Gasteiger partial charge is 0.238 e. The van der Waals surface area contributed by atoms with Gasteiger partial charge in [0.05, 0.1) is 16.6 Å². The highest BCUT2D eigenvalue weighted by molar-refractivity contribution is 7.80. The molecule has 0 heterocycles. The van der Waals surface area contributed by atoms with Crippen molar-refractivity contribution in [3.8, 4) is 0 Å². The van der Waals surface area contributed by atoms with E-state index in [2.05, 4.69) is 21.5 Å². The van der Waals surface area contributed by atoms with Gasteiger partial charge < -0.3 is 10.6 Å². The van der Waals surface area contributed by atoms with Crippen LogP contribution in [0.2, 0.25) is 10.0 Å². The molecule has 0 aliphatic heterocycles. The van der Waals surface area contributed by atoms with Crippen LogP contribution >= 0.6 is 35.4 Å². The normalized spacial score (nSPS) is 10.4. The lowest BCUT2D eigenvalue weighted by Crippen LogP contribution is -2.49. The minimum atomic E-state index is -0.587. The third-order valence-corrected chi connectivity index (χ3v) is 5.62. The molecule has 7 nitrogen and oxygen atoms in total. The molecule has 35 heavy (non-hydrogen) atoms. The summed E-state index contributed by atoms with van der Waals surface area (Å²) in [6.45, 7) is 0. The third kappa shape index (κ3) is 8.06. The Hall–Kier alpha value is -3.46. The number of halogens is 2. The van der Waals surface area contributed by atoms with Crippen molar-refractivity contribution in [1.29, 1.82) is 0 Å². The molecule has 0 saturated carbocycles. The molecule has 0 atom stereocenters. The van der Waals surface area contributed by atoms with Crippen LogP contribution in [-0.2, 0) is 14.4 Å². The average Bonchev–Trinajstić information content (AvgIpc) is 2.84. The van der Waals surface area contributed by atoms with Crippen LogP contribution in [0.15, 0.2) is 78.9 Å². The maximum atomic E-state index is 13.0. The molecule has 180 valence electrons. The van der Waals surface area contributed by atoms with Crippen LogP contribution in [-0.4, -0.2) is 22.8 Å². The second kappa shape index (κ2) is 12.9. The number of benzene rings is 3. The number of amides is 3. The van der Waals surface area contributed by atoms with Gasteiger partial charge in [-0.25, -0.2) is 0 Å². The summed E-state index contributed by atoms with van der Waals surface area (Å²) in [7, 11) is 0. The van der Waals surface area contributed by atoms with Gasteiger partial charge in [0.25, 0.3) is 0 Å². The van der Waals surface area contributed by atoms with Crippen molar-refractivity contribution in [1.82, 2.24) is 16.2 Å². The van der Waals surface area contributed by atoms with Crippen molar-refractivity contribution in [3.63, 3.8) is 0 Å². The molecule has 0 aromatic heterocycles. The van der Waals surface area contributed by atoms with Gasteiger partial charge in [0.15, 0.2) is 5.11 Å². The first-order valence-electron chi connectivity index (χ1n) is 10.6. The summed E-state index contributed by atoms with van der Waals surface area (Å²) in [5.74, 6) is -1.82. The van der Waals surface area contributed by atoms with Crippen LogP contribution in [0.25, 0.3) is 0 Å². The zero-order valence-corrected chi connectivity index (χ0v) is 20.7. The molecule has 3 aromatic rings. The number of carbonyl (C=O) groups excluding carboxylic acids is 3.